The van der Waals surface area contributed by atoms with Crippen molar-refractivity contribution in [3.05, 3.63) is 89.7 Å². The van der Waals surface area contributed by atoms with Gasteiger partial charge >= 0.3 is 0 Å². The summed E-state index contributed by atoms with van der Waals surface area (Å²) in [7, 11) is 3.23. The average Bonchev–Trinajstić information content (AvgIpc) is 3.36. The lowest BCUT2D eigenvalue weighted by atomic mass is 10.2. The van der Waals surface area contributed by atoms with Crippen molar-refractivity contribution >= 4 is 23.2 Å². The molecule has 36 heavy (non-hydrogen) atoms. The monoisotopic (exact) mass is 490 g/mol. The Morgan fingerprint density at radius 1 is 0.972 bits per heavy atom. The van der Waals surface area contributed by atoms with E-state index in [4.69, 9.17) is 9.47 Å². The molecule has 2 amide bonds. The molecule has 0 spiro atoms. The lowest BCUT2D eigenvalue weighted by Crippen LogP contribution is -2.31. The minimum Gasteiger partial charge on any atom is -0.497 e. The molecular formula is C28H34N4O4. The summed E-state index contributed by atoms with van der Waals surface area (Å²) in [5, 5.41) is 6.09. The van der Waals surface area contributed by atoms with Crippen molar-refractivity contribution in [1.82, 2.24) is 20.6 Å². The van der Waals surface area contributed by atoms with E-state index < -0.39 is 0 Å². The minimum absolute atomic E-state index is 0.206. The molecule has 2 heterocycles. The second kappa shape index (κ2) is 15.5. The normalized spacial score (nSPS) is 9.67. The van der Waals surface area contributed by atoms with Crippen molar-refractivity contribution in [2.45, 2.75) is 20.3 Å². The topological polar surface area (TPSA) is 105 Å². The zero-order chi connectivity index (χ0) is 26.2. The largest absolute Gasteiger partial charge is 0.497 e. The van der Waals surface area contributed by atoms with Crippen LogP contribution >= 0.6 is 0 Å². The van der Waals surface area contributed by atoms with E-state index >= 15 is 0 Å². The van der Waals surface area contributed by atoms with Crippen molar-refractivity contribution in [2.24, 2.45) is 0 Å². The molecule has 190 valence electrons. The SMILES string of the molecule is CCc1cccc(OC)n1.COc1ccc2[nH]c(C(=O)NCCNC=O)cc2c1.Cc1ccccc1. The molecule has 8 heteroatoms. The van der Waals surface area contributed by atoms with E-state index in [1.807, 2.05) is 54.6 Å². The standard InChI is InChI=1S/C13H15N3O3.C8H11NO.C7H8/c1-19-10-2-3-11-9(6-10)7-12(16-11)13(18)15-5-4-14-8-17;1-3-7-5-4-6-8(9-7)10-2;1-7-5-3-2-4-6-7/h2-3,6-8,16H,4-5H2,1H3,(H,14,17)(H,15,18);4-6H,3H2,1-2H3;2-6H,1H3. The molecule has 8 nitrogen and oxygen atoms in total. The summed E-state index contributed by atoms with van der Waals surface area (Å²) in [6.07, 6.45) is 1.55. The maximum atomic E-state index is 11.8. The van der Waals surface area contributed by atoms with Gasteiger partial charge in [-0.1, -0.05) is 48.9 Å². The van der Waals surface area contributed by atoms with E-state index in [0.717, 1.165) is 28.8 Å². The number of fused-ring (bicyclic) bond motifs is 1. The molecule has 0 bridgehead atoms. The highest BCUT2D eigenvalue weighted by Gasteiger charge is 2.09. The van der Waals surface area contributed by atoms with Gasteiger partial charge in [0.05, 0.1) is 14.2 Å². The number of aromatic amines is 1. The number of H-pyrrole nitrogens is 1. The first-order chi connectivity index (χ1) is 17.5. The van der Waals surface area contributed by atoms with Gasteiger partial charge < -0.3 is 25.1 Å². The molecule has 0 aliphatic rings. The van der Waals surface area contributed by atoms with Gasteiger partial charge in [-0.15, -0.1) is 0 Å². The van der Waals surface area contributed by atoms with E-state index in [2.05, 4.69) is 46.6 Å². The first-order valence-corrected chi connectivity index (χ1v) is 11.6. The Kier molecular flexibility index (Phi) is 12.1. The van der Waals surface area contributed by atoms with Gasteiger partial charge in [-0.2, -0.15) is 0 Å². The highest BCUT2D eigenvalue weighted by atomic mass is 16.5. The average molecular weight is 491 g/mol. The van der Waals surface area contributed by atoms with Gasteiger partial charge in [-0.3, -0.25) is 9.59 Å². The van der Waals surface area contributed by atoms with Crippen LogP contribution in [-0.4, -0.2) is 49.6 Å². The molecule has 0 aliphatic carbocycles. The minimum atomic E-state index is -0.206. The zero-order valence-corrected chi connectivity index (χ0v) is 21.2. The second-order valence-electron chi connectivity index (χ2n) is 7.64. The fourth-order valence-corrected chi connectivity index (χ4v) is 3.06. The lowest BCUT2D eigenvalue weighted by molar-refractivity contribution is -0.109. The number of hydrogen-bond acceptors (Lipinski definition) is 5. The maximum absolute atomic E-state index is 11.8. The maximum Gasteiger partial charge on any atom is 0.267 e. The van der Waals surface area contributed by atoms with Crippen LogP contribution in [0.3, 0.4) is 0 Å². The number of aromatic nitrogens is 2. The van der Waals surface area contributed by atoms with Crippen LogP contribution in [0.1, 0.15) is 28.7 Å². The van der Waals surface area contributed by atoms with Crippen molar-refractivity contribution in [2.75, 3.05) is 27.3 Å². The molecule has 0 aliphatic heterocycles. The van der Waals surface area contributed by atoms with Gasteiger partial charge in [0.2, 0.25) is 12.3 Å². The van der Waals surface area contributed by atoms with Crippen LogP contribution < -0.4 is 20.1 Å². The molecule has 4 rings (SSSR count). The van der Waals surface area contributed by atoms with Crippen LogP contribution in [0.25, 0.3) is 10.9 Å². The molecule has 2 aromatic heterocycles. The predicted octanol–water partition coefficient (Wildman–Crippen LogP) is 4.30. The van der Waals surface area contributed by atoms with E-state index in [9.17, 15) is 9.59 Å². The smallest absolute Gasteiger partial charge is 0.267 e. The van der Waals surface area contributed by atoms with Gasteiger partial charge in [0.15, 0.2) is 0 Å². The van der Waals surface area contributed by atoms with Crippen LogP contribution in [0.4, 0.5) is 0 Å². The molecule has 0 saturated heterocycles. The molecule has 0 saturated carbocycles. The van der Waals surface area contributed by atoms with Gasteiger partial charge in [-0.05, 0) is 43.7 Å². The van der Waals surface area contributed by atoms with Crippen molar-refractivity contribution in [1.29, 1.82) is 0 Å². The Balaban J connectivity index is 0.000000222. The van der Waals surface area contributed by atoms with E-state index in [-0.39, 0.29) is 5.91 Å². The number of benzene rings is 2. The zero-order valence-electron chi connectivity index (χ0n) is 21.2. The highest BCUT2D eigenvalue weighted by Crippen LogP contribution is 2.21. The van der Waals surface area contributed by atoms with Gasteiger partial charge in [-0.25, -0.2) is 4.98 Å². The van der Waals surface area contributed by atoms with Crippen LogP contribution in [0.15, 0.2) is 72.8 Å². The summed E-state index contributed by atoms with van der Waals surface area (Å²) >= 11 is 0. The van der Waals surface area contributed by atoms with Crippen LogP contribution in [0.2, 0.25) is 0 Å². The van der Waals surface area contributed by atoms with Gasteiger partial charge in [0.25, 0.3) is 5.91 Å². The second-order valence-corrected chi connectivity index (χ2v) is 7.64. The van der Waals surface area contributed by atoms with E-state index in [1.165, 1.54) is 5.56 Å². The predicted molar refractivity (Wildman–Crippen MR) is 143 cm³/mol. The third kappa shape index (κ3) is 9.50. The molecule has 0 fully saturated rings. The van der Waals surface area contributed by atoms with Gasteiger partial charge in [0.1, 0.15) is 11.4 Å². The van der Waals surface area contributed by atoms with Crippen molar-refractivity contribution < 1.29 is 19.1 Å². The Bertz CT molecular complexity index is 1190. The quantitative estimate of drug-likeness (QED) is 0.252. The molecule has 3 N–H and O–H groups in total. The van der Waals surface area contributed by atoms with Gasteiger partial charge in [0, 0.05) is 35.8 Å². The number of carbonyl (C=O) groups is 2. The fourth-order valence-electron chi connectivity index (χ4n) is 3.06. The van der Waals surface area contributed by atoms with E-state index in [0.29, 0.717) is 31.1 Å². The summed E-state index contributed by atoms with van der Waals surface area (Å²) in [5.41, 5.74) is 3.74. The van der Waals surface area contributed by atoms with Crippen molar-refractivity contribution in [3.8, 4) is 11.6 Å². The van der Waals surface area contributed by atoms with Crippen LogP contribution in [-0.2, 0) is 11.2 Å². The number of aryl methyl sites for hydroxylation is 2. The fraction of sp³-hybridized carbons (Fsp3) is 0.250. The third-order valence-corrected chi connectivity index (χ3v) is 5.00. The Morgan fingerprint density at radius 2 is 1.75 bits per heavy atom. The van der Waals surface area contributed by atoms with Crippen LogP contribution in [0.5, 0.6) is 11.6 Å². The highest BCUT2D eigenvalue weighted by molar-refractivity contribution is 5.98. The summed E-state index contributed by atoms with van der Waals surface area (Å²) in [5.74, 6) is 1.23. The number of carbonyl (C=O) groups excluding carboxylic acids is 2. The number of nitrogens with one attached hydrogen (secondary N) is 3. The molecule has 2 aromatic carbocycles. The first kappa shape index (κ1) is 27.9. The summed E-state index contributed by atoms with van der Waals surface area (Å²) in [4.78, 5) is 29.1. The number of ether oxygens (including phenoxy) is 2. The number of rotatable bonds is 8. The number of pyridine rings is 1. The number of methoxy groups -OCH3 is 2. The number of amides is 2. The molecule has 4 aromatic rings. The Hall–Kier alpha value is -4.33. The first-order valence-electron chi connectivity index (χ1n) is 11.6. The summed E-state index contributed by atoms with van der Waals surface area (Å²) in [6, 6.07) is 23.4. The molecule has 0 atom stereocenters. The molecule has 0 unspecified atom stereocenters. The molecule has 0 radical (unpaired) electrons. The summed E-state index contributed by atoms with van der Waals surface area (Å²) < 4.78 is 10.1. The summed E-state index contributed by atoms with van der Waals surface area (Å²) in [6.45, 7) is 4.95. The molecular weight excluding hydrogens is 456 g/mol. The van der Waals surface area contributed by atoms with Crippen molar-refractivity contribution in [3.63, 3.8) is 0 Å². The van der Waals surface area contributed by atoms with Crippen LogP contribution in [0, 0.1) is 6.92 Å². The van der Waals surface area contributed by atoms with E-state index in [1.54, 1.807) is 20.3 Å². The Morgan fingerprint density at radius 3 is 2.36 bits per heavy atom. The third-order valence-electron chi connectivity index (χ3n) is 5.00. The number of hydrogen-bond donors (Lipinski definition) is 3. The Labute approximate surface area is 212 Å². The lowest BCUT2D eigenvalue weighted by Gasteiger charge is -2.02. The number of nitrogens with zero attached hydrogens (tertiary/aromatic N) is 1.